The topological polar surface area (TPSA) is 47.6 Å². The van der Waals surface area contributed by atoms with Gasteiger partial charge in [-0.05, 0) is 19.1 Å². The summed E-state index contributed by atoms with van der Waals surface area (Å²) >= 11 is 0. The van der Waals surface area contributed by atoms with E-state index < -0.39 is 17.5 Å². The van der Waals surface area contributed by atoms with Gasteiger partial charge >= 0.3 is 0 Å². The van der Waals surface area contributed by atoms with E-state index in [1.54, 1.807) is 6.92 Å². The zero-order valence-electron chi connectivity index (χ0n) is 10.2. The minimum atomic E-state index is -0.840. The highest BCUT2D eigenvalue weighted by Gasteiger charge is 2.10. The molecular weight excluding hydrogens is 244 g/mol. The van der Waals surface area contributed by atoms with Crippen LogP contribution in [0.2, 0.25) is 0 Å². The molecule has 1 N–H and O–H groups in total. The van der Waals surface area contributed by atoms with E-state index in [1.807, 2.05) is 0 Å². The van der Waals surface area contributed by atoms with E-state index in [9.17, 15) is 13.6 Å². The summed E-state index contributed by atoms with van der Waals surface area (Å²) in [5.74, 6) is -2.10. The van der Waals surface area contributed by atoms with Crippen LogP contribution in [0.15, 0.2) is 18.2 Å². The smallest absolute Gasteiger partial charge is 0.258 e. The van der Waals surface area contributed by atoms with Crippen molar-refractivity contribution < 1.29 is 23.0 Å². The Labute approximate surface area is 104 Å². The molecule has 0 radical (unpaired) electrons. The number of ether oxygens (including phenoxy) is 2. The molecule has 1 aromatic carbocycles. The van der Waals surface area contributed by atoms with Crippen molar-refractivity contribution in [1.29, 1.82) is 0 Å². The Morgan fingerprint density at radius 1 is 1.44 bits per heavy atom. The van der Waals surface area contributed by atoms with Gasteiger partial charge in [0.05, 0.1) is 6.61 Å². The molecule has 18 heavy (non-hydrogen) atoms. The zero-order chi connectivity index (χ0) is 13.5. The molecule has 1 amide bonds. The first-order valence-electron chi connectivity index (χ1n) is 5.39. The maximum atomic E-state index is 13.2. The van der Waals surface area contributed by atoms with Crippen molar-refractivity contribution in [3.05, 3.63) is 29.8 Å². The number of carbonyl (C=O) groups is 1. The molecule has 0 heterocycles. The Bertz CT molecular complexity index is 412. The normalized spacial score (nSPS) is 12.0. The lowest BCUT2D eigenvalue weighted by Crippen LogP contribution is -2.38. The third-order valence-electron chi connectivity index (χ3n) is 2.08. The molecule has 0 fully saturated rings. The van der Waals surface area contributed by atoms with Crippen molar-refractivity contribution in [2.75, 3.05) is 20.3 Å². The molecule has 0 aliphatic carbocycles. The number of rotatable bonds is 6. The van der Waals surface area contributed by atoms with Gasteiger partial charge in [0.2, 0.25) is 0 Å². The van der Waals surface area contributed by atoms with E-state index in [4.69, 9.17) is 9.47 Å². The van der Waals surface area contributed by atoms with Crippen molar-refractivity contribution in [1.82, 2.24) is 5.32 Å². The van der Waals surface area contributed by atoms with Gasteiger partial charge in [-0.1, -0.05) is 0 Å². The molecule has 0 aromatic heterocycles. The Morgan fingerprint density at radius 2 is 2.17 bits per heavy atom. The number of carbonyl (C=O) groups excluding carboxylic acids is 1. The highest BCUT2D eigenvalue weighted by Crippen LogP contribution is 2.17. The first kappa shape index (κ1) is 14.4. The van der Waals surface area contributed by atoms with Crippen LogP contribution in [0.4, 0.5) is 8.78 Å². The SMILES string of the molecule is COCC(C)NC(=O)COc1ccc(F)cc1F. The van der Waals surface area contributed by atoms with Crippen LogP contribution in [0.1, 0.15) is 6.92 Å². The summed E-state index contributed by atoms with van der Waals surface area (Å²) in [7, 11) is 1.52. The average Bonchev–Trinajstić information content (AvgIpc) is 2.28. The van der Waals surface area contributed by atoms with Crippen molar-refractivity contribution >= 4 is 5.91 Å². The van der Waals surface area contributed by atoms with Crippen LogP contribution in [0.25, 0.3) is 0 Å². The van der Waals surface area contributed by atoms with Crippen molar-refractivity contribution in [3.63, 3.8) is 0 Å². The molecule has 0 spiro atoms. The van der Waals surface area contributed by atoms with E-state index in [0.717, 1.165) is 12.1 Å². The Hall–Kier alpha value is -1.69. The van der Waals surface area contributed by atoms with Crippen LogP contribution in [-0.2, 0) is 9.53 Å². The molecule has 1 rings (SSSR count). The van der Waals surface area contributed by atoms with E-state index in [0.29, 0.717) is 12.7 Å². The van der Waals surface area contributed by atoms with Crippen molar-refractivity contribution in [3.8, 4) is 5.75 Å². The Kier molecular flexibility index (Phi) is 5.51. The fraction of sp³-hybridized carbons (Fsp3) is 0.417. The van der Waals surface area contributed by atoms with Crippen molar-refractivity contribution in [2.24, 2.45) is 0 Å². The second-order valence-corrected chi connectivity index (χ2v) is 3.79. The fourth-order valence-electron chi connectivity index (χ4n) is 1.34. The first-order valence-corrected chi connectivity index (χ1v) is 5.39. The molecule has 6 heteroatoms. The zero-order valence-corrected chi connectivity index (χ0v) is 10.2. The minimum absolute atomic E-state index is 0.161. The van der Waals surface area contributed by atoms with Gasteiger partial charge in [-0.15, -0.1) is 0 Å². The second kappa shape index (κ2) is 6.90. The summed E-state index contributed by atoms with van der Waals surface area (Å²) < 4.78 is 35.6. The lowest BCUT2D eigenvalue weighted by Gasteiger charge is -2.13. The van der Waals surface area contributed by atoms with Crippen LogP contribution in [0.5, 0.6) is 5.75 Å². The van der Waals surface area contributed by atoms with Gasteiger partial charge in [0.25, 0.3) is 5.91 Å². The van der Waals surface area contributed by atoms with Crippen molar-refractivity contribution in [2.45, 2.75) is 13.0 Å². The minimum Gasteiger partial charge on any atom is -0.481 e. The standard InChI is InChI=1S/C12H15F2NO3/c1-8(6-17-2)15-12(16)7-18-11-4-3-9(13)5-10(11)14/h3-5,8H,6-7H2,1-2H3,(H,15,16). The monoisotopic (exact) mass is 259 g/mol. The van der Waals surface area contributed by atoms with Gasteiger partial charge in [-0.25, -0.2) is 8.78 Å². The van der Waals surface area contributed by atoms with Gasteiger partial charge in [0, 0.05) is 19.2 Å². The number of amides is 1. The predicted molar refractivity (Wildman–Crippen MR) is 61.3 cm³/mol. The summed E-state index contributed by atoms with van der Waals surface area (Å²) in [4.78, 5) is 11.4. The molecule has 0 bridgehead atoms. The number of hydrogen-bond donors (Lipinski definition) is 1. The molecule has 100 valence electrons. The van der Waals surface area contributed by atoms with Gasteiger partial charge in [-0.2, -0.15) is 0 Å². The second-order valence-electron chi connectivity index (χ2n) is 3.79. The molecular formula is C12H15F2NO3. The van der Waals surface area contributed by atoms with E-state index in [2.05, 4.69) is 5.32 Å². The average molecular weight is 259 g/mol. The number of nitrogens with one attached hydrogen (secondary N) is 1. The van der Waals surface area contributed by atoms with E-state index in [-0.39, 0.29) is 18.4 Å². The van der Waals surface area contributed by atoms with Crippen LogP contribution in [0.3, 0.4) is 0 Å². The van der Waals surface area contributed by atoms with Crippen LogP contribution < -0.4 is 10.1 Å². The summed E-state index contributed by atoms with van der Waals surface area (Å²) in [5, 5.41) is 2.60. The summed E-state index contributed by atoms with van der Waals surface area (Å²) in [5.41, 5.74) is 0. The third-order valence-corrected chi connectivity index (χ3v) is 2.08. The molecule has 1 atom stereocenters. The molecule has 4 nitrogen and oxygen atoms in total. The van der Waals surface area contributed by atoms with E-state index in [1.165, 1.54) is 7.11 Å². The van der Waals surface area contributed by atoms with Gasteiger partial charge < -0.3 is 14.8 Å². The van der Waals surface area contributed by atoms with Crippen LogP contribution in [-0.4, -0.2) is 32.3 Å². The van der Waals surface area contributed by atoms with Crippen LogP contribution >= 0.6 is 0 Å². The van der Waals surface area contributed by atoms with Crippen LogP contribution in [0, 0.1) is 11.6 Å². The Balaban J connectivity index is 2.42. The third kappa shape index (κ3) is 4.67. The molecule has 0 saturated carbocycles. The van der Waals surface area contributed by atoms with Gasteiger partial charge in [0.15, 0.2) is 18.2 Å². The quantitative estimate of drug-likeness (QED) is 0.842. The lowest BCUT2D eigenvalue weighted by atomic mass is 10.3. The number of benzene rings is 1. The number of methoxy groups -OCH3 is 1. The molecule has 1 aromatic rings. The lowest BCUT2D eigenvalue weighted by molar-refractivity contribution is -0.124. The highest BCUT2D eigenvalue weighted by molar-refractivity contribution is 5.77. The Morgan fingerprint density at radius 3 is 2.78 bits per heavy atom. The maximum Gasteiger partial charge on any atom is 0.258 e. The maximum absolute atomic E-state index is 13.2. The summed E-state index contributed by atoms with van der Waals surface area (Å²) in [6.45, 7) is 1.80. The number of hydrogen-bond acceptors (Lipinski definition) is 3. The van der Waals surface area contributed by atoms with Gasteiger partial charge in [0.1, 0.15) is 5.82 Å². The molecule has 0 aliphatic rings. The first-order chi connectivity index (χ1) is 8.52. The molecule has 1 unspecified atom stereocenters. The fourth-order valence-corrected chi connectivity index (χ4v) is 1.34. The van der Waals surface area contributed by atoms with Gasteiger partial charge in [-0.3, -0.25) is 4.79 Å². The van der Waals surface area contributed by atoms with E-state index >= 15 is 0 Å². The number of halogens is 2. The molecule has 0 saturated heterocycles. The largest absolute Gasteiger partial charge is 0.481 e. The molecule has 0 aliphatic heterocycles. The summed E-state index contributed by atoms with van der Waals surface area (Å²) in [6, 6.07) is 2.73. The predicted octanol–water partition coefficient (Wildman–Crippen LogP) is 1.49. The summed E-state index contributed by atoms with van der Waals surface area (Å²) in [6.07, 6.45) is 0. The highest BCUT2D eigenvalue weighted by atomic mass is 19.1.